The normalized spacial score (nSPS) is 13.7. The number of hydrogen-bond acceptors (Lipinski definition) is 5. The summed E-state index contributed by atoms with van der Waals surface area (Å²) in [5.41, 5.74) is 0. The third-order valence-electron chi connectivity index (χ3n) is 3.46. The van der Waals surface area contributed by atoms with E-state index < -0.39 is 11.9 Å². The molecule has 0 atom stereocenters. The van der Waals surface area contributed by atoms with Crippen molar-refractivity contribution in [2.45, 2.75) is 38.6 Å². The first-order valence-corrected chi connectivity index (χ1v) is 8.08. The van der Waals surface area contributed by atoms with E-state index in [0.717, 1.165) is 18.0 Å². The van der Waals surface area contributed by atoms with E-state index in [1.54, 1.807) is 0 Å². The quantitative estimate of drug-likeness (QED) is 0.516. The number of ether oxygens (including phenoxy) is 2. The van der Waals surface area contributed by atoms with E-state index in [4.69, 9.17) is 29.3 Å². The van der Waals surface area contributed by atoms with Crippen molar-refractivity contribution >= 4 is 11.9 Å². The molecule has 0 radical (unpaired) electrons. The van der Waals surface area contributed by atoms with Crippen LogP contribution in [-0.2, 0) is 9.59 Å². The van der Waals surface area contributed by atoms with Crippen LogP contribution in [0.2, 0.25) is 0 Å². The van der Waals surface area contributed by atoms with Gasteiger partial charge in [0, 0.05) is 18.7 Å². The van der Waals surface area contributed by atoms with Crippen LogP contribution in [0.25, 0.3) is 0 Å². The molecule has 7 heteroatoms. The molecule has 2 rings (SSSR count). The lowest BCUT2D eigenvalue weighted by atomic mass is 10.2. The first kappa shape index (κ1) is 19.8. The van der Waals surface area contributed by atoms with Crippen molar-refractivity contribution in [2.24, 2.45) is 0 Å². The van der Waals surface area contributed by atoms with Crippen LogP contribution in [0, 0.1) is 0 Å². The average molecular weight is 339 g/mol. The second-order valence-corrected chi connectivity index (χ2v) is 5.30. The Kier molecular flexibility index (Phi) is 9.29. The van der Waals surface area contributed by atoms with Crippen LogP contribution in [0.1, 0.15) is 32.6 Å². The second-order valence-electron chi connectivity index (χ2n) is 5.30. The number of nitrogens with one attached hydrogen (secondary N) is 1. The molecule has 3 N–H and O–H groups in total. The molecule has 134 valence electrons. The summed E-state index contributed by atoms with van der Waals surface area (Å²) in [6.07, 6.45) is 5.38. The lowest BCUT2D eigenvalue weighted by molar-refractivity contribution is -0.159. The fourth-order valence-electron chi connectivity index (χ4n) is 2.38. The summed E-state index contributed by atoms with van der Waals surface area (Å²) >= 11 is 0. The Bertz CT molecular complexity index is 502. The largest absolute Gasteiger partial charge is 0.494 e. The van der Waals surface area contributed by atoms with Crippen molar-refractivity contribution in [1.82, 2.24) is 5.32 Å². The second kappa shape index (κ2) is 11.3. The van der Waals surface area contributed by atoms with Crippen LogP contribution in [0.4, 0.5) is 0 Å². The number of carbonyl (C=O) groups is 2. The Morgan fingerprint density at radius 1 is 1.12 bits per heavy atom. The molecule has 1 aromatic rings. The van der Waals surface area contributed by atoms with Gasteiger partial charge in [0.2, 0.25) is 0 Å². The van der Waals surface area contributed by atoms with Crippen molar-refractivity contribution in [3.8, 4) is 11.5 Å². The summed E-state index contributed by atoms with van der Waals surface area (Å²) in [6.45, 7) is 4.31. The molecule has 0 aromatic heterocycles. The lowest BCUT2D eigenvalue weighted by Gasteiger charge is -2.12. The van der Waals surface area contributed by atoms with Crippen LogP contribution < -0.4 is 14.8 Å². The summed E-state index contributed by atoms with van der Waals surface area (Å²) in [7, 11) is 0. The van der Waals surface area contributed by atoms with Gasteiger partial charge in [-0.3, -0.25) is 0 Å². The molecule has 7 nitrogen and oxygen atoms in total. The average Bonchev–Trinajstić information content (AvgIpc) is 3.06. The standard InChI is InChI=1S/C15H23NO2.C2H2O4/c1-2-17-14-8-5-9-15(12-14)18-11-10-16-13-6-3-4-7-13;3-1(4)2(5)6/h5,8-9,12-13,16H,2-4,6-7,10-11H2,1H3;(H,3,4)(H,5,6). The topological polar surface area (TPSA) is 105 Å². The van der Waals surface area contributed by atoms with E-state index in [1.165, 1.54) is 25.7 Å². The van der Waals surface area contributed by atoms with Crippen LogP contribution in [-0.4, -0.2) is 48.0 Å². The molecular formula is C17H25NO6. The number of aliphatic carboxylic acids is 2. The van der Waals surface area contributed by atoms with Crippen LogP contribution >= 0.6 is 0 Å². The predicted octanol–water partition coefficient (Wildman–Crippen LogP) is 2.15. The zero-order valence-electron chi connectivity index (χ0n) is 13.9. The summed E-state index contributed by atoms with van der Waals surface area (Å²) in [5, 5.41) is 18.3. The van der Waals surface area contributed by atoms with Gasteiger partial charge in [0.05, 0.1) is 6.61 Å². The third kappa shape index (κ3) is 8.38. The van der Waals surface area contributed by atoms with Gasteiger partial charge in [0.25, 0.3) is 0 Å². The van der Waals surface area contributed by atoms with Gasteiger partial charge < -0.3 is 25.0 Å². The maximum atomic E-state index is 9.10. The highest BCUT2D eigenvalue weighted by molar-refractivity contribution is 6.27. The maximum absolute atomic E-state index is 9.10. The molecule has 0 bridgehead atoms. The van der Waals surface area contributed by atoms with Gasteiger partial charge in [-0.2, -0.15) is 0 Å². The van der Waals surface area contributed by atoms with Crippen molar-refractivity contribution in [3.63, 3.8) is 0 Å². The molecule has 0 heterocycles. The highest BCUT2D eigenvalue weighted by Crippen LogP contribution is 2.19. The Morgan fingerprint density at radius 2 is 1.71 bits per heavy atom. The summed E-state index contributed by atoms with van der Waals surface area (Å²) in [4.78, 5) is 18.2. The molecule has 0 amide bonds. The van der Waals surface area contributed by atoms with Gasteiger partial charge in [0.15, 0.2) is 0 Å². The van der Waals surface area contributed by atoms with E-state index in [1.807, 2.05) is 31.2 Å². The maximum Gasteiger partial charge on any atom is 0.414 e. The predicted molar refractivity (Wildman–Crippen MR) is 88.6 cm³/mol. The first-order valence-electron chi connectivity index (χ1n) is 8.08. The summed E-state index contributed by atoms with van der Waals surface area (Å²) < 4.78 is 11.1. The monoisotopic (exact) mass is 339 g/mol. The zero-order chi connectivity index (χ0) is 17.8. The van der Waals surface area contributed by atoms with Gasteiger partial charge in [0.1, 0.15) is 18.1 Å². The number of benzene rings is 1. The Morgan fingerprint density at radius 3 is 2.25 bits per heavy atom. The molecule has 1 aromatic carbocycles. The minimum Gasteiger partial charge on any atom is -0.494 e. The Labute approximate surface area is 141 Å². The van der Waals surface area contributed by atoms with Gasteiger partial charge in [-0.05, 0) is 31.9 Å². The molecule has 0 unspecified atom stereocenters. The fourth-order valence-corrected chi connectivity index (χ4v) is 2.38. The highest BCUT2D eigenvalue weighted by atomic mass is 16.5. The van der Waals surface area contributed by atoms with Gasteiger partial charge >= 0.3 is 11.9 Å². The first-order chi connectivity index (χ1) is 11.5. The summed E-state index contributed by atoms with van der Waals surface area (Å²) in [6, 6.07) is 8.54. The minimum atomic E-state index is -1.82. The molecule has 1 fully saturated rings. The molecular weight excluding hydrogens is 314 g/mol. The fraction of sp³-hybridized carbons (Fsp3) is 0.529. The molecule has 24 heavy (non-hydrogen) atoms. The van der Waals surface area contributed by atoms with Gasteiger partial charge in [-0.15, -0.1) is 0 Å². The van der Waals surface area contributed by atoms with Crippen LogP contribution in [0.5, 0.6) is 11.5 Å². The van der Waals surface area contributed by atoms with E-state index in [-0.39, 0.29) is 0 Å². The molecule has 0 aliphatic heterocycles. The number of carboxylic acid groups (broad SMARTS) is 2. The lowest BCUT2D eigenvalue weighted by Crippen LogP contribution is -2.30. The van der Waals surface area contributed by atoms with Crippen molar-refractivity contribution in [2.75, 3.05) is 19.8 Å². The van der Waals surface area contributed by atoms with Crippen molar-refractivity contribution < 1.29 is 29.3 Å². The van der Waals surface area contributed by atoms with Crippen molar-refractivity contribution in [1.29, 1.82) is 0 Å². The third-order valence-corrected chi connectivity index (χ3v) is 3.46. The molecule has 1 aliphatic rings. The zero-order valence-corrected chi connectivity index (χ0v) is 13.9. The summed E-state index contributed by atoms with van der Waals surface area (Å²) in [5.74, 6) is -1.89. The van der Waals surface area contributed by atoms with Gasteiger partial charge in [-0.25, -0.2) is 9.59 Å². The number of hydrogen-bond donors (Lipinski definition) is 3. The van der Waals surface area contributed by atoms with Gasteiger partial charge in [-0.1, -0.05) is 18.9 Å². The van der Waals surface area contributed by atoms with E-state index in [9.17, 15) is 0 Å². The van der Waals surface area contributed by atoms with E-state index >= 15 is 0 Å². The molecule has 0 saturated heterocycles. The van der Waals surface area contributed by atoms with Crippen molar-refractivity contribution in [3.05, 3.63) is 24.3 Å². The smallest absolute Gasteiger partial charge is 0.414 e. The van der Waals surface area contributed by atoms with E-state index in [2.05, 4.69) is 5.32 Å². The number of carboxylic acids is 2. The Balaban J connectivity index is 0.000000413. The highest BCUT2D eigenvalue weighted by Gasteiger charge is 2.13. The van der Waals surface area contributed by atoms with E-state index in [0.29, 0.717) is 19.3 Å². The van der Waals surface area contributed by atoms with Crippen LogP contribution in [0.15, 0.2) is 24.3 Å². The molecule has 1 saturated carbocycles. The van der Waals surface area contributed by atoms with Crippen LogP contribution in [0.3, 0.4) is 0 Å². The minimum absolute atomic E-state index is 0.687. The number of rotatable bonds is 7. The SMILES string of the molecule is CCOc1cccc(OCCNC2CCCC2)c1.O=C(O)C(=O)O. The molecule has 1 aliphatic carbocycles. The molecule has 0 spiro atoms. The Hall–Kier alpha value is -2.28.